The van der Waals surface area contributed by atoms with Crippen molar-refractivity contribution in [2.45, 2.75) is 4.90 Å². The van der Waals surface area contributed by atoms with Crippen LogP contribution in [-0.2, 0) is 0 Å². The Hall–Kier alpha value is -1.54. The van der Waals surface area contributed by atoms with Crippen molar-refractivity contribution in [1.82, 2.24) is 0 Å². The fraction of sp³-hybridized carbons (Fsp3) is 0. The molecule has 100 valence electrons. The van der Waals surface area contributed by atoms with E-state index in [2.05, 4.69) is 12.6 Å². The van der Waals surface area contributed by atoms with E-state index in [0.29, 0.717) is 4.90 Å². The summed E-state index contributed by atoms with van der Waals surface area (Å²) in [5, 5.41) is 3.32. The Labute approximate surface area is 114 Å². The van der Waals surface area contributed by atoms with E-state index in [-0.39, 0.29) is 10.9 Å². The van der Waals surface area contributed by atoms with Gasteiger partial charge in [0.05, 0.1) is 4.88 Å². The summed E-state index contributed by atoms with van der Waals surface area (Å²) in [5.41, 5.74) is -1.16. The maximum absolute atomic E-state index is 13.3. The number of thiophene rings is 1. The van der Waals surface area contributed by atoms with Crippen molar-refractivity contribution in [3.8, 4) is 0 Å². The van der Waals surface area contributed by atoms with Crippen LogP contribution in [0.15, 0.2) is 22.4 Å². The number of benzene rings is 1. The van der Waals surface area contributed by atoms with Crippen LogP contribution in [-0.4, -0.2) is 5.91 Å². The van der Waals surface area contributed by atoms with Gasteiger partial charge in [-0.15, -0.1) is 24.0 Å². The highest BCUT2D eigenvalue weighted by Crippen LogP contribution is 2.26. The molecule has 0 aliphatic carbocycles. The van der Waals surface area contributed by atoms with Crippen LogP contribution >= 0.6 is 24.0 Å². The summed E-state index contributed by atoms with van der Waals surface area (Å²) in [4.78, 5) is 12.2. The zero-order valence-corrected chi connectivity index (χ0v) is 10.7. The molecule has 1 amide bonds. The molecule has 1 aromatic heterocycles. The molecule has 19 heavy (non-hydrogen) atoms. The molecule has 0 aliphatic heterocycles. The van der Waals surface area contributed by atoms with Gasteiger partial charge in [0.25, 0.3) is 5.91 Å². The lowest BCUT2D eigenvalue weighted by molar-refractivity contribution is 0.102. The van der Waals surface area contributed by atoms with E-state index >= 15 is 0 Å². The van der Waals surface area contributed by atoms with Crippen molar-refractivity contribution < 1.29 is 22.4 Å². The SMILES string of the molecule is O=C(Nc1c(F)c(F)cc(F)c1F)c1cc(S)cs1. The number of carbonyl (C=O) groups is 1. The van der Waals surface area contributed by atoms with Crippen LogP contribution in [0.3, 0.4) is 0 Å². The lowest BCUT2D eigenvalue weighted by atomic mass is 10.2. The van der Waals surface area contributed by atoms with Crippen LogP contribution in [0.4, 0.5) is 23.2 Å². The van der Waals surface area contributed by atoms with Crippen molar-refractivity contribution in [3.63, 3.8) is 0 Å². The van der Waals surface area contributed by atoms with Crippen molar-refractivity contribution in [2.75, 3.05) is 5.32 Å². The molecule has 2 nitrogen and oxygen atoms in total. The highest BCUT2D eigenvalue weighted by molar-refractivity contribution is 7.80. The molecule has 0 aliphatic rings. The van der Waals surface area contributed by atoms with Crippen molar-refractivity contribution in [1.29, 1.82) is 0 Å². The van der Waals surface area contributed by atoms with E-state index in [1.54, 1.807) is 5.32 Å². The van der Waals surface area contributed by atoms with Gasteiger partial charge in [-0.05, 0) is 6.07 Å². The highest BCUT2D eigenvalue weighted by atomic mass is 32.1. The Balaban J connectivity index is 2.36. The molecular weight excluding hydrogens is 302 g/mol. The zero-order chi connectivity index (χ0) is 14.2. The fourth-order valence-electron chi connectivity index (χ4n) is 1.30. The summed E-state index contributed by atoms with van der Waals surface area (Å²) in [6, 6.07) is 1.42. The van der Waals surface area contributed by atoms with E-state index in [0.717, 1.165) is 11.3 Å². The molecule has 1 aromatic carbocycles. The Morgan fingerprint density at radius 2 is 1.68 bits per heavy atom. The first-order chi connectivity index (χ1) is 8.90. The molecule has 2 rings (SSSR count). The third-order valence-corrected chi connectivity index (χ3v) is 3.52. The van der Waals surface area contributed by atoms with Crippen molar-refractivity contribution in [2.24, 2.45) is 0 Å². The average molecular weight is 307 g/mol. The topological polar surface area (TPSA) is 29.1 Å². The number of hydrogen-bond donors (Lipinski definition) is 2. The largest absolute Gasteiger partial charge is 0.316 e. The van der Waals surface area contributed by atoms with Gasteiger partial charge in [-0.25, -0.2) is 17.6 Å². The summed E-state index contributed by atoms with van der Waals surface area (Å²) >= 11 is 4.94. The Kier molecular flexibility index (Phi) is 3.81. The highest BCUT2D eigenvalue weighted by Gasteiger charge is 2.21. The minimum absolute atomic E-state index is 0.0668. The van der Waals surface area contributed by atoms with Crippen LogP contribution in [0.25, 0.3) is 0 Å². The summed E-state index contributed by atoms with van der Waals surface area (Å²) in [5.74, 6) is -7.37. The van der Waals surface area contributed by atoms with Crippen LogP contribution < -0.4 is 5.32 Å². The van der Waals surface area contributed by atoms with E-state index in [9.17, 15) is 22.4 Å². The first-order valence-corrected chi connectivity index (χ1v) is 6.14. The molecule has 0 unspecified atom stereocenters. The maximum Gasteiger partial charge on any atom is 0.265 e. The monoisotopic (exact) mass is 307 g/mol. The lowest BCUT2D eigenvalue weighted by Crippen LogP contribution is -2.14. The molecule has 0 bridgehead atoms. The Morgan fingerprint density at radius 3 is 2.16 bits per heavy atom. The predicted molar refractivity (Wildman–Crippen MR) is 65.8 cm³/mol. The quantitative estimate of drug-likeness (QED) is 0.492. The second kappa shape index (κ2) is 5.22. The molecule has 0 saturated heterocycles. The van der Waals surface area contributed by atoms with Crippen LogP contribution in [0.2, 0.25) is 0 Å². The fourth-order valence-corrected chi connectivity index (χ4v) is 2.35. The predicted octanol–water partition coefficient (Wildman–Crippen LogP) is 3.85. The Bertz CT molecular complexity index is 630. The van der Waals surface area contributed by atoms with Crippen LogP contribution in [0.1, 0.15) is 9.67 Å². The van der Waals surface area contributed by atoms with Gasteiger partial charge in [0.1, 0.15) is 5.69 Å². The molecule has 0 spiro atoms. The summed E-state index contributed by atoms with van der Waals surface area (Å²) in [6.07, 6.45) is 0. The number of halogens is 4. The van der Waals surface area contributed by atoms with Crippen molar-refractivity contribution >= 4 is 35.6 Å². The van der Waals surface area contributed by atoms with Crippen LogP contribution in [0, 0.1) is 23.3 Å². The van der Waals surface area contributed by atoms with Gasteiger partial charge in [0, 0.05) is 16.3 Å². The molecule has 0 fully saturated rings. The molecule has 1 heterocycles. The third-order valence-electron chi connectivity index (χ3n) is 2.16. The second-order valence-electron chi connectivity index (χ2n) is 3.47. The summed E-state index contributed by atoms with van der Waals surface area (Å²) < 4.78 is 52.5. The molecule has 0 atom stereocenters. The molecule has 0 saturated carbocycles. The van der Waals surface area contributed by atoms with E-state index in [1.165, 1.54) is 11.4 Å². The molecule has 8 heteroatoms. The first kappa shape index (κ1) is 13.9. The normalized spacial score (nSPS) is 10.6. The summed E-state index contributed by atoms with van der Waals surface area (Å²) in [6.45, 7) is 0. The van der Waals surface area contributed by atoms with E-state index in [4.69, 9.17) is 0 Å². The number of carbonyl (C=O) groups excluding carboxylic acids is 1. The Morgan fingerprint density at radius 1 is 1.11 bits per heavy atom. The molecule has 0 radical (unpaired) electrons. The lowest BCUT2D eigenvalue weighted by Gasteiger charge is -2.07. The van der Waals surface area contributed by atoms with Crippen molar-refractivity contribution in [3.05, 3.63) is 45.7 Å². The van der Waals surface area contributed by atoms with Crippen LogP contribution in [0.5, 0.6) is 0 Å². The minimum atomic E-state index is -1.66. The first-order valence-electron chi connectivity index (χ1n) is 4.82. The number of nitrogens with one attached hydrogen (secondary N) is 1. The zero-order valence-electron chi connectivity index (χ0n) is 9.01. The number of thiol groups is 1. The number of anilines is 1. The smallest absolute Gasteiger partial charge is 0.265 e. The van der Waals surface area contributed by atoms with Gasteiger partial charge in [0.2, 0.25) is 0 Å². The summed E-state index contributed by atoms with van der Waals surface area (Å²) in [7, 11) is 0. The third kappa shape index (κ3) is 2.74. The van der Waals surface area contributed by atoms with E-state index in [1.807, 2.05) is 0 Å². The van der Waals surface area contributed by atoms with Gasteiger partial charge in [0.15, 0.2) is 23.3 Å². The number of amides is 1. The standard InChI is InChI=1S/C11H5F4NOS2/c12-5-2-6(13)9(15)10(8(5)14)16-11(17)7-1-4(18)3-19-7/h1-3,18H,(H,16,17). The van der Waals surface area contributed by atoms with Gasteiger partial charge in [-0.1, -0.05) is 0 Å². The molecule has 1 N–H and O–H groups in total. The van der Waals surface area contributed by atoms with Gasteiger partial charge in [-0.3, -0.25) is 4.79 Å². The molecular formula is C11H5F4NOS2. The van der Waals surface area contributed by atoms with Gasteiger partial charge >= 0.3 is 0 Å². The van der Waals surface area contributed by atoms with E-state index < -0.39 is 34.9 Å². The molecule has 2 aromatic rings. The minimum Gasteiger partial charge on any atom is -0.316 e. The number of hydrogen-bond acceptors (Lipinski definition) is 3. The number of rotatable bonds is 2. The van der Waals surface area contributed by atoms with Gasteiger partial charge in [-0.2, -0.15) is 0 Å². The maximum atomic E-state index is 13.3. The second-order valence-corrected chi connectivity index (χ2v) is 4.89. The average Bonchev–Trinajstić information content (AvgIpc) is 2.79. The van der Waals surface area contributed by atoms with Gasteiger partial charge < -0.3 is 5.32 Å².